The fraction of sp³-hybridized carbons (Fsp3) is 0.375. The Morgan fingerprint density at radius 2 is 1.86 bits per heavy atom. The fourth-order valence-corrected chi connectivity index (χ4v) is 4.38. The predicted octanol–water partition coefficient (Wildman–Crippen LogP) is 3.79. The molecule has 1 aromatic carbocycles. The first kappa shape index (κ1) is 26.3. The van der Waals surface area contributed by atoms with Crippen LogP contribution in [0.5, 0.6) is 0 Å². The number of carbonyl (C=O) groups excluding carboxylic acids is 1. The lowest BCUT2D eigenvalue weighted by Gasteiger charge is -2.23. The monoisotopic (exact) mass is 503 g/mol. The van der Waals surface area contributed by atoms with E-state index in [0.717, 1.165) is 9.88 Å². The highest BCUT2D eigenvalue weighted by molar-refractivity contribution is 7.93. The van der Waals surface area contributed by atoms with Crippen LogP contribution < -0.4 is 15.4 Å². The Labute approximate surface area is 204 Å². The van der Waals surface area contributed by atoms with E-state index in [-0.39, 0.29) is 28.9 Å². The Morgan fingerprint density at radius 3 is 2.49 bits per heavy atom. The van der Waals surface area contributed by atoms with E-state index in [1.807, 2.05) is 6.08 Å². The molecular weight excluding hydrogens is 473 g/mol. The van der Waals surface area contributed by atoms with Gasteiger partial charge in [-0.1, -0.05) is 12.2 Å². The molecule has 0 radical (unpaired) electrons. The maximum atomic E-state index is 13.5. The van der Waals surface area contributed by atoms with Gasteiger partial charge >= 0.3 is 0 Å². The summed E-state index contributed by atoms with van der Waals surface area (Å²) in [7, 11) is -2.25. The zero-order valence-electron chi connectivity index (χ0n) is 20.3. The number of rotatable bonds is 8. The van der Waals surface area contributed by atoms with Gasteiger partial charge in [0.1, 0.15) is 5.83 Å². The van der Waals surface area contributed by atoms with E-state index in [1.54, 1.807) is 45.9 Å². The van der Waals surface area contributed by atoms with Crippen molar-refractivity contribution < 1.29 is 22.0 Å². The molecule has 3 N–H and O–H groups in total. The van der Waals surface area contributed by atoms with Gasteiger partial charge in [0.25, 0.3) is 5.91 Å². The van der Waals surface area contributed by atoms with Gasteiger partial charge in [-0.25, -0.2) is 12.8 Å². The van der Waals surface area contributed by atoms with E-state index in [9.17, 15) is 17.6 Å². The minimum Gasteiger partial charge on any atom is -0.419 e. The fourth-order valence-electron chi connectivity index (χ4n) is 3.35. The molecule has 1 amide bonds. The second-order valence-electron chi connectivity index (χ2n) is 8.62. The molecule has 0 bridgehead atoms. The third-order valence-corrected chi connectivity index (χ3v) is 7.71. The number of benzene rings is 1. The van der Waals surface area contributed by atoms with E-state index in [2.05, 4.69) is 15.5 Å². The average molecular weight is 504 g/mol. The molecule has 0 spiro atoms. The molecule has 188 valence electrons. The largest absolute Gasteiger partial charge is 0.419 e. The summed E-state index contributed by atoms with van der Waals surface area (Å²) in [6.07, 6.45) is 6.64. The summed E-state index contributed by atoms with van der Waals surface area (Å²) < 4.78 is 45.9. The molecular formula is C24H30FN5O4S. The summed E-state index contributed by atoms with van der Waals surface area (Å²) in [4.78, 5) is 13.2. The SMILES string of the molecule is CC(NC(=O)c1cc(-c2nnc(C(C)N)o2)cc(N(C)S(=O)(=O)C(C)C)c1)C1=CCC=C(F)C=C1. The molecule has 9 nitrogen and oxygen atoms in total. The number of nitrogens with one attached hydrogen (secondary N) is 1. The first-order valence-corrected chi connectivity index (χ1v) is 12.7. The average Bonchev–Trinajstić information content (AvgIpc) is 3.21. The predicted molar refractivity (Wildman–Crippen MR) is 133 cm³/mol. The maximum Gasteiger partial charge on any atom is 0.251 e. The van der Waals surface area contributed by atoms with Gasteiger partial charge in [0.2, 0.25) is 21.8 Å². The molecule has 2 aromatic rings. The number of halogens is 1. The minimum absolute atomic E-state index is 0.104. The van der Waals surface area contributed by atoms with Gasteiger partial charge in [-0.15, -0.1) is 10.2 Å². The Kier molecular flexibility index (Phi) is 7.91. The topological polar surface area (TPSA) is 131 Å². The summed E-state index contributed by atoms with van der Waals surface area (Å²) in [6.45, 7) is 6.62. The molecule has 0 fully saturated rings. The van der Waals surface area contributed by atoms with Gasteiger partial charge in [0, 0.05) is 18.2 Å². The minimum atomic E-state index is -3.67. The van der Waals surface area contributed by atoms with Crippen LogP contribution in [0.3, 0.4) is 0 Å². The van der Waals surface area contributed by atoms with Crippen LogP contribution in [0.2, 0.25) is 0 Å². The van der Waals surface area contributed by atoms with E-state index in [0.29, 0.717) is 12.0 Å². The summed E-state index contributed by atoms with van der Waals surface area (Å²) in [5.41, 5.74) is 7.38. The third-order valence-electron chi connectivity index (χ3n) is 5.55. The van der Waals surface area contributed by atoms with Crippen LogP contribution in [0.4, 0.5) is 10.1 Å². The van der Waals surface area contributed by atoms with Crippen molar-refractivity contribution in [2.45, 2.75) is 51.4 Å². The quantitative estimate of drug-likeness (QED) is 0.560. The molecule has 1 heterocycles. The number of anilines is 1. The van der Waals surface area contributed by atoms with Crippen molar-refractivity contribution in [1.82, 2.24) is 15.5 Å². The van der Waals surface area contributed by atoms with Gasteiger partial charge in [0.15, 0.2) is 0 Å². The van der Waals surface area contributed by atoms with Crippen molar-refractivity contribution in [2.24, 2.45) is 5.73 Å². The van der Waals surface area contributed by atoms with Gasteiger partial charge < -0.3 is 15.5 Å². The van der Waals surface area contributed by atoms with E-state index in [1.165, 1.54) is 25.3 Å². The van der Waals surface area contributed by atoms with Gasteiger partial charge in [-0.3, -0.25) is 9.10 Å². The summed E-state index contributed by atoms with van der Waals surface area (Å²) in [5, 5.41) is 10.1. The van der Waals surface area contributed by atoms with E-state index in [4.69, 9.17) is 10.2 Å². The van der Waals surface area contributed by atoms with Crippen molar-refractivity contribution in [3.63, 3.8) is 0 Å². The molecule has 11 heteroatoms. The molecule has 2 atom stereocenters. The van der Waals surface area contributed by atoms with Crippen LogP contribution in [0.1, 0.15) is 56.4 Å². The van der Waals surface area contributed by atoms with Gasteiger partial charge in [0.05, 0.1) is 23.0 Å². The van der Waals surface area contributed by atoms with Crippen molar-refractivity contribution in [1.29, 1.82) is 0 Å². The van der Waals surface area contributed by atoms with Crippen molar-refractivity contribution in [2.75, 3.05) is 11.4 Å². The normalized spacial score (nSPS) is 15.8. The lowest BCUT2D eigenvalue weighted by molar-refractivity contribution is 0.0945. The Balaban J connectivity index is 1.99. The lowest BCUT2D eigenvalue weighted by Crippen LogP contribution is -2.35. The molecule has 2 unspecified atom stereocenters. The van der Waals surface area contributed by atoms with Gasteiger partial charge in [-0.2, -0.15) is 0 Å². The standard InChI is InChI=1S/C24H30FN5O4S/c1-14(2)35(32,33)30(5)21-12-18(11-19(13-21)24-29-28-23(34-24)15(3)26)22(31)27-16(4)17-7-6-8-20(25)10-9-17/h7-16H,6,26H2,1-5H3,(H,27,31). The lowest BCUT2D eigenvalue weighted by atomic mass is 10.1. The first-order valence-electron chi connectivity index (χ1n) is 11.2. The zero-order chi connectivity index (χ0) is 25.9. The van der Waals surface area contributed by atoms with E-state index >= 15 is 0 Å². The van der Waals surface area contributed by atoms with Crippen LogP contribution in [0.15, 0.2) is 58.3 Å². The molecule has 0 saturated heterocycles. The molecule has 1 aliphatic rings. The number of nitrogens with zero attached hydrogens (tertiary/aromatic N) is 3. The molecule has 3 rings (SSSR count). The number of nitrogens with two attached hydrogens (primary N) is 1. The maximum absolute atomic E-state index is 13.5. The van der Waals surface area contributed by atoms with Crippen LogP contribution in [0.25, 0.3) is 11.5 Å². The summed E-state index contributed by atoms with van der Waals surface area (Å²) in [5.74, 6) is -0.476. The van der Waals surface area contributed by atoms with E-state index < -0.39 is 33.3 Å². The highest BCUT2D eigenvalue weighted by Crippen LogP contribution is 2.29. The number of aromatic nitrogens is 2. The van der Waals surface area contributed by atoms with Gasteiger partial charge in [-0.05, 0) is 70.0 Å². The highest BCUT2D eigenvalue weighted by atomic mass is 32.2. The molecule has 1 aliphatic carbocycles. The highest BCUT2D eigenvalue weighted by Gasteiger charge is 2.25. The third kappa shape index (κ3) is 6.04. The number of allylic oxidation sites excluding steroid dienone is 4. The molecule has 1 aromatic heterocycles. The zero-order valence-corrected chi connectivity index (χ0v) is 21.1. The van der Waals surface area contributed by atoms with Crippen molar-refractivity contribution in [3.8, 4) is 11.5 Å². The number of hydrogen-bond donors (Lipinski definition) is 2. The Bertz CT molecular complexity index is 1290. The second-order valence-corrected chi connectivity index (χ2v) is 11.1. The molecule has 0 saturated carbocycles. The number of hydrogen-bond acceptors (Lipinski definition) is 7. The molecule has 0 aliphatic heterocycles. The van der Waals surface area contributed by atoms with Crippen LogP contribution in [-0.4, -0.2) is 42.9 Å². The van der Waals surface area contributed by atoms with Crippen LogP contribution in [-0.2, 0) is 10.0 Å². The Hall–Kier alpha value is -3.31. The number of carbonyl (C=O) groups is 1. The van der Waals surface area contributed by atoms with Crippen molar-refractivity contribution in [3.05, 3.63) is 65.4 Å². The summed E-state index contributed by atoms with van der Waals surface area (Å²) >= 11 is 0. The summed E-state index contributed by atoms with van der Waals surface area (Å²) in [6, 6.07) is 3.66. The first-order chi connectivity index (χ1) is 16.4. The Morgan fingerprint density at radius 1 is 1.14 bits per heavy atom. The number of sulfonamides is 1. The van der Waals surface area contributed by atoms with Crippen LogP contribution >= 0.6 is 0 Å². The van der Waals surface area contributed by atoms with Crippen LogP contribution in [0, 0.1) is 0 Å². The smallest absolute Gasteiger partial charge is 0.251 e. The second kappa shape index (κ2) is 10.5. The number of amides is 1. The van der Waals surface area contributed by atoms with Crippen molar-refractivity contribution >= 4 is 21.6 Å². The molecule has 35 heavy (non-hydrogen) atoms.